The Labute approximate surface area is 208 Å². The summed E-state index contributed by atoms with van der Waals surface area (Å²) in [5.41, 5.74) is 3.38. The van der Waals surface area contributed by atoms with E-state index in [9.17, 15) is 8.42 Å². The smallest absolute Gasteiger partial charge is 0.227 e. The lowest BCUT2D eigenvalue weighted by Crippen LogP contribution is -2.44. The summed E-state index contributed by atoms with van der Waals surface area (Å²) < 4.78 is 40.7. The van der Waals surface area contributed by atoms with Crippen LogP contribution in [0.15, 0.2) is 41.2 Å². The van der Waals surface area contributed by atoms with Crippen LogP contribution in [-0.4, -0.2) is 65.9 Å². The van der Waals surface area contributed by atoms with Gasteiger partial charge in [0.05, 0.1) is 49.5 Å². The van der Waals surface area contributed by atoms with Gasteiger partial charge in [-0.2, -0.15) is 5.10 Å². The van der Waals surface area contributed by atoms with Crippen LogP contribution in [0.3, 0.4) is 0 Å². The second-order valence-electron chi connectivity index (χ2n) is 9.14. The van der Waals surface area contributed by atoms with Crippen LogP contribution in [0.25, 0.3) is 33.5 Å². The fourth-order valence-corrected chi connectivity index (χ4v) is 5.33. The monoisotopic (exact) mass is 512 g/mol. The molecule has 1 aliphatic heterocycles. The van der Waals surface area contributed by atoms with Crippen molar-refractivity contribution in [1.29, 1.82) is 0 Å². The van der Waals surface area contributed by atoms with Crippen molar-refractivity contribution in [2.24, 2.45) is 5.14 Å². The summed E-state index contributed by atoms with van der Waals surface area (Å²) in [6.45, 7) is 6.43. The number of primary sulfonamides is 1. The van der Waals surface area contributed by atoms with Gasteiger partial charge in [0.25, 0.3) is 0 Å². The van der Waals surface area contributed by atoms with Crippen molar-refractivity contribution < 1.29 is 22.3 Å². The fourth-order valence-electron chi connectivity index (χ4n) is 4.69. The average molecular weight is 513 g/mol. The van der Waals surface area contributed by atoms with Crippen molar-refractivity contribution in [1.82, 2.24) is 25.1 Å². The maximum absolute atomic E-state index is 11.7. The number of H-pyrrole nitrogens is 1. The third kappa shape index (κ3) is 5.26. The lowest BCUT2D eigenvalue weighted by atomic mass is 10.0. The summed E-state index contributed by atoms with van der Waals surface area (Å²) in [6, 6.07) is 5.55. The average Bonchev–Trinajstić information content (AvgIpc) is 3.46. The van der Waals surface area contributed by atoms with Gasteiger partial charge < -0.3 is 13.9 Å². The summed E-state index contributed by atoms with van der Waals surface area (Å²) in [5.74, 6) is 1.05. The Morgan fingerprint density at radius 2 is 1.89 bits per heavy atom. The molecule has 1 aromatic carbocycles. The number of sulfonamides is 1. The predicted molar refractivity (Wildman–Crippen MR) is 133 cm³/mol. The molecule has 5 rings (SSSR count). The van der Waals surface area contributed by atoms with Gasteiger partial charge >= 0.3 is 0 Å². The number of morpholine rings is 1. The molecule has 0 amide bonds. The first-order chi connectivity index (χ1) is 17.2. The predicted octanol–water partition coefficient (Wildman–Crippen LogP) is 2.69. The topological polar surface area (TPSA) is 149 Å². The van der Waals surface area contributed by atoms with Crippen molar-refractivity contribution >= 4 is 20.9 Å². The van der Waals surface area contributed by atoms with E-state index in [0.717, 1.165) is 40.9 Å². The van der Waals surface area contributed by atoms with E-state index in [1.165, 1.54) is 7.11 Å². The lowest BCUT2D eigenvalue weighted by Gasteiger charge is -2.34. The number of benzene rings is 1. The molecular weight excluding hydrogens is 484 g/mol. The first-order valence-electron chi connectivity index (χ1n) is 11.5. The summed E-state index contributed by atoms with van der Waals surface area (Å²) in [4.78, 5) is 11.1. The van der Waals surface area contributed by atoms with Crippen molar-refractivity contribution in [3.8, 4) is 28.5 Å². The van der Waals surface area contributed by atoms with Crippen molar-refractivity contribution in [2.45, 2.75) is 38.4 Å². The number of rotatable bonds is 7. The quantitative estimate of drug-likeness (QED) is 0.381. The molecule has 11 nitrogen and oxygen atoms in total. The highest BCUT2D eigenvalue weighted by molar-refractivity contribution is 7.88. The summed E-state index contributed by atoms with van der Waals surface area (Å²) in [5, 5.41) is 13.3. The Morgan fingerprint density at radius 1 is 1.11 bits per heavy atom. The molecule has 0 radical (unpaired) electrons. The Balaban J connectivity index is 1.50. The molecule has 0 bridgehead atoms. The molecule has 0 aliphatic carbocycles. The van der Waals surface area contributed by atoms with Gasteiger partial charge in [-0.3, -0.25) is 10.00 Å². The Bertz CT molecular complexity index is 1490. The molecule has 1 fully saturated rings. The number of oxazole rings is 1. The first kappa shape index (κ1) is 24.4. The van der Waals surface area contributed by atoms with Crippen LogP contribution < -0.4 is 9.88 Å². The van der Waals surface area contributed by atoms with E-state index in [-0.39, 0.29) is 18.1 Å². The largest absolute Gasteiger partial charge is 0.481 e. The molecule has 190 valence electrons. The van der Waals surface area contributed by atoms with E-state index in [1.54, 1.807) is 24.7 Å². The maximum atomic E-state index is 11.7. The van der Waals surface area contributed by atoms with E-state index in [4.69, 9.17) is 19.0 Å². The molecule has 3 aromatic heterocycles. The van der Waals surface area contributed by atoms with E-state index in [0.29, 0.717) is 23.6 Å². The maximum Gasteiger partial charge on any atom is 0.227 e. The molecular formula is C24H28N6O5S. The van der Waals surface area contributed by atoms with Crippen LogP contribution in [0.2, 0.25) is 0 Å². The van der Waals surface area contributed by atoms with E-state index < -0.39 is 15.8 Å². The van der Waals surface area contributed by atoms with Gasteiger partial charge in [0, 0.05) is 41.4 Å². The van der Waals surface area contributed by atoms with Crippen LogP contribution in [0.1, 0.15) is 25.2 Å². The molecule has 1 saturated heterocycles. The highest BCUT2D eigenvalue weighted by Crippen LogP contribution is 2.34. The third-order valence-electron chi connectivity index (χ3n) is 6.03. The van der Waals surface area contributed by atoms with E-state index in [1.807, 2.05) is 12.1 Å². The molecule has 0 spiro atoms. The number of nitrogens with zero attached hydrogens (tertiary/aromatic N) is 4. The number of aromatic nitrogens is 4. The second kappa shape index (κ2) is 9.62. The summed E-state index contributed by atoms with van der Waals surface area (Å²) in [7, 11) is -2.34. The molecule has 36 heavy (non-hydrogen) atoms. The number of hydrogen-bond donors (Lipinski definition) is 2. The normalized spacial score (nSPS) is 19.1. The number of pyridine rings is 1. The number of methoxy groups -OCH3 is 1. The Hall–Kier alpha value is -3.32. The van der Waals surface area contributed by atoms with E-state index in [2.05, 4.69) is 38.9 Å². The van der Waals surface area contributed by atoms with Crippen LogP contribution in [0.5, 0.6) is 5.88 Å². The summed E-state index contributed by atoms with van der Waals surface area (Å²) >= 11 is 0. The molecule has 4 heterocycles. The number of aromatic amines is 1. The van der Waals surface area contributed by atoms with Crippen LogP contribution in [-0.2, 0) is 27.1 Å². The van der Waals surface area contributed by atoms with Gasteiger partial charge in [-0.25, -0.2) is 23.5 Å². The van der Waals surface area contributed by atoms with Gasteiger partial charge in [0.2, 0.25) is 21.8 Å². The minimum Gasteiger partial charge on any atom is -0.481 e. The molecule has 3 N–H and O–H groups in total. The molecule has 0 saturated carbocycles. The highest BCUT2D eigenvalue weighted by atomic mass is 32.2. The van der Waals surface area contributed by atoms with Crippen molar-refractivity contribution in [3.05, 3.63) is 48.1 Å². The highest BCUT2D eigenvalue weighted by Gasteiger charge is 2.24. The fraction of sp³-hybridized carbons (Fsp3) is 0.375. The molecule has 2 atom stereocenters. The molecule has 1 aliphatic rings. The number of hydrogen-bond acceptors (Lipinski definition) is 9. The second-order valence-corrected chi connectivity index (χ2v) is 10.8. The number of fused-ring (bicyclic) bond motifs is 1. The molecule has 4 aromatic rings. The number of ether oxygens (including phenoxy) is 2. The standard InChI is InChI=1S/C24H28N6O5S/c1-14-10-30(11-15(2)34-14)12-19-8-27-24(35-19)20-5-16(6-22-21(20)9-28-29-22)17-4-18(13-36(25,31)32)23(33-3)26-7-17/h4-9,14-15H,10-13H2,1-3H3,(H,28,29)(H2,25,31,32)/t14-,15+. The van der Waals surface area contributed by atoms with Crippen molar-refractivity contribution in [3.63, 3.8) is 0 Å². The first-order valence-corrected chi connectivity index (χ1v) is 13.2. The molecule has 0 unspecified atom stereocenters. The van der Waals surface area contributed by atoms with Gasteiger partial charge in [0.15, 0.2) is 0 Å². The van der Waals surface area contributed by atoms with Gasteiger partial charge in [-0.15, -0.1) is 0 Å². The summed E-state index contributed by atoms with van der Waals surface area (Å²) in [6.07, 6.45) is 5.42. The Morgan fingerprint density at radius 3 is 2.61 bits per heavy atom. The minimum atomic E-state index is -3.78. The minimum absolute atomic E-state index is 0.163. The number of nitrogens with one attached hydrogen (secondary N) is 1. The van der Waals surface area contributed by atoms with Gasteiger partial charge in [-0.05, 0) is 37.6 Å². The number of nitrogens with two attached hydrogens (primary N) is 1. The SMILES string of the molecule is COc1ncc(-c2cc(-c3ncc(CN4C[C@@H](C)O[C@@H](C)C4)o3)c3cn[nH]c3c2)cc1CS(N)(=O)=O. The zero-order valence-electron chi connectivity index (χ0n) is 20.3. The van der Waals surface area contributed by atoms with Crippen LogP contribution >= 0.6 is 0 Å². The van der Waals surface area contributed by atoms with Crippen LogP contribution in [0, 0.1) is 0 Å². The lowest BCUT2D eigenvalue weighted by molar-refractivity contribution is -0.0718. The third-order valence-corrected chi connectivity index (χ3v) is 6.74. The zero-order valence-corrected chi connectivity index (χ0v) is 21.1. The molecule has 12 heteroatoms. The van der Waals surface area contributed by atoms with Gasteiger partial charge in [0.1, 0.15) is 5.76 Å². The van der Waals surface area contributed by atoms with Crippen LogP contribution in [0.4, 0.5) is 0 Å². The Kier molecular flexibility index (Phi) is 6.51. The van der Waals surface area contributed by atoms with Crippen molar-refractivity contribution in [2.75, 3.05) is 20.2 Å². The van der Waals surface area contributed by atoms with E-state index >= 15 is 0 Å². The van der Waals surface area contributed by atoms with Gasteiger partial charge in [-0.1, -0.05) is 0 Å². The zero-order chi connectivity index (χ0) is 25.4.